The van der Waals surface area contributed by atoms with Crippen LogP contribution in [0.2, 0.25) is 0 Å². The lowest BCUT2D eigenvalue weighted by atomic mass is 10.1. The van der Waals surface area contributed by atoms with Crippen molar-refractivity contribution in [2.24, 2.45) is 0 Å². The third kappa shape index (κ3) is 3.94. The minimum atomic E-state index is -4.86. The van der Waals surface area contributed by atoms with Crippen molar-refractivity contribution in [1.82, 2.24) is 10.3 Å². The fourth-order valence-electron chi connectivity index (χ4n) is 1.72. The van der Waals surface area contributed by atoms with E-state index in [9.17, 15) is 22.8 Å². The standard InChI is InChI=1S/C13H15F3N2O4/c1-4-22-12(20)8-5-7(11(19)21-3)9(6-17-2)18-10(8)13(14,15)16/h5,17H,4,6H2,1-3H3. The van der Waals surface area contributed by atoms with Gasteiger partial charge < -0.3 is 14.8 Å². The maximum atomic E-state index is 13.1. The van der Waals surface area contributed by atoms with Crippen LogP contribution >= 0.6 is 0 Å². The number of nitrogens with zero attached hydrogens (tertiary/aromatic N) is 1. The molecule has 122 valence electrons. The third-order valence-corrected chi connectivity index (χ3v) is 2.61. The Bertz CT molecular complexity index is 573. The van der Waals surface area contributed by atoms with E-state index in [0.717, 1.165) is 13.2 Å². The van der Waals surface area contributed by atoms with Gasteiger partial charge in [0.2, 0.25) is 0 Å². The Hall–Kier alpha value is -2.16. The molecule has 0 aliphatic carbocycles. The smallest absolute Gasteiger partial charge is 0.434 e. The van der Waals surface area contributed by atoms with E-state index in [2.05, 4.69) is 19.8 Å². The van der Waals surface area contributed by atoms with Gasteiger partial charge in [-0.05, 0) is 20.0 Å². The summed E-state index contributed by atoms with van der Waals surface area (Å²) in [6.45, 7) is 1.24. The molecule has 22 heavy (non-hydrogen) atoms. The van der Waals surface area contributed by atoms with Gasteiger partial charge in [0.15, 0.2) is 5.69 Å². The van der Waals surface area contributed by atoms with Crippen LogP contribution in [-0.4, -0.2) is 37.7 Å². The number of pyridine rings is 1. The number of alkyl halides is 3. The third-order valence-electron chi connectivity index (χ3n) is 2.61. The maximum absolute atomic E-state index is 13.1. The zero-order chi connectivity index (χ0) is 16.9. The molecule has 0 aromatic carbocycles. The number of aromatic nitrogens is 1. The molecule has 0 saturated heterocycles. The van der Waals surface area contributed by atoms with E-state index in [4.69, 9.17) is 0 Å². The van der Waals surface area contributed by atoms with Crippen LogP contribution in [0.4, 0.5) is 13.2 Å². The number of hydrogen-bond acceptors (Lipinski definition) is 6. The molecule has 6 nitrogen and oxygen atoms in total. The summed E-state index contributed by atoms with van der Waals surface area (Å²) < 4.78 is 48.3. The van der Waals surface area contributed by atoms with Crippen molar-refractivity contribution in [1.29, 1.82) is 0 Å². The fraction of sp³-hybridized carbons (Fsp3) is 0.462. The first-order chi connectivity index (χ1) is 10.3. The van der Waals surface area contributed by atoms with Gasteiger partial charge in [-0.3, -0.25) is 0 Å². The molecule has 0 bridgehead atoms. The van der Waals surface area contributed by atoms with Gasteiger partial charge in [0, 0.05) is 6.54 Å². The highest BCUT2D eigenvalue weighted by molar-refractivity contribution is 5.96. The quantitative estimate of drug-likeness (QED) is 0.833. The van der Waals surface area contributed by atoms with Crippen LogP contribution in [0.25, 0.3) is 0 Å². The van der Waals surface area contributed by atoms with Crippen LogP contribution in [0.15, 0.2) is 6.07 Å². The Kier molecular flexibility index (Phi) is 5.86. The molecule has 0 aliphatic heterocycles. The van der Waals surface area contributed by atoms with E-state index in [1.54, 1.807) is 0 Å². The second-order valence-corrected chi connectivity index (χ2v) is 4.12. The highest BCUT2D eigenvalue weighted by atomic mass is 19.4. The molecule has 0 unspecified atom stereocenters. The number of carbonyl (C=O) groups is 2. The first-order valence-electron chi connectivity index (χ1n) is 6.27. The molecule has 0 amide bonds. The summed E-state index contributed by atoms with van der Waals surface area (Å²) in [7, 11) is 2.56. The number of methoxy groups -OCH3 is 1. The molecule has 0 spiro atoms. The number of esters is 2. The van der Waals surface area contributed by atoms with Crippen molar-refractivity contribution < 1.29 is 32.2 Å². The summed E-state index contributed by atoms with van der Waals surface area (Å²) in [4.78, 5) is 26.8. The second-order valence-electron chi connectivity index (χ2n) is 4.12. The van der Waals surface area contributed by atoms with Crippen molar-refractivity contribution in [2.75, 3.05) is 20.8 Å². The molecule has 0 atom stereocenters. The zero-order valence-electron chi connectivity index (χ0n) is 12.2. The highest BCUT2D eigenvalue weighted by Crippen LogP contribution is 2.32. The Balaban J connectivity index is 3.57. The average Bonchev–Trinajstić information content (AvgIpc) is 2.45. The molecule has 0 aliphatic rings. The van der Waals surface area contributed by atoms with Crippen molar-refractivity contribution in [2.45, 2.75) is 19.6 Å². The van der Waals surface area contributed by atoms with Gasteiger partial charge in [-0.15, -0.1) is 0 Å². The number of ether oxygens (including phenoxy) is 2. The van der Waals surface area contributed by atoms with E-state index < -0.39 is 29.4 Å². The van der Waals surface area contributed by atoms with Crippen molar-refractivity contribution >= 4 is 11.9 Å². The van der Waals surface area contributed by atoms with Gasteiger partial charge in [0.25, 0.3) is 0 Å². The highest BCUT2D eigenvalue weighted by Gasteiger charge is 2.39. The summed E-state index contributed by atoms with van der Waals surface area (Å²) in [5.74, 6) is -2.10. The number of nitrogens with one attached hydrogen (secondary N) is 1. The molecule has 1 aromatic rings. The SMILES string of the molecule is CCOC(=O)c1cc(C(=O)OC)c(CNC)nc1C(F)(F)F. The van der Waals surface area contributed by atoms with Crippen LogP contribution in [0.1, 0.15) is 39.0 Å². The van der Waals surface area contributed by atoms with E-state index in [0.29, 0.717) is 0 Å². The largest absolute Gasteiger partial charge is 0.465 e. The van der Waals surface area contributed by atoms with Gasteiger partial charge in [-0.25, -0.2) is 14.6 Å². The molecule has 0 fully saturated rings. The molecule has 1 rings (SSSR count). The van der Waals surface area contributed by atoms with Crippen molar-refractivity contribution in [3.8, 4) is 0 Å². The molecule has 0 saturated carbocycles. The number of hydrogen-bond donors (Lipinski definition) is 1. The van der Waals surface area contributed by atoms with Crippen LogP contribution in [0.3, 0.4) is 0 Å². The minimum absolute atomic E-state index is 0.101. The molecule has 1 heterocycles. The Morgan fingerprint density at radius 2 is 1.91 bits per heavy atom. The normalized spacial score (nSPS) is 11.2. The second kappa shape index (κ2) is 7.21. The predicted molar refractivity (Wildman–Crippen MR) is 69.3 cm³/mol. The lowest BCUT2D eigenvalue weighted by molar-refractivity contribution is -0.141. The number of rotatable bonds is 5. The number of halogens is 3. The molecule has 9 heteroatoms. The van der Waals surface area contributed by atoms with Crippen LogP contribution < -0.4 is 5.32 Å². The van der Waals surface area contributed by atoms with E-state index in [-0.39, 0.29) is 24.4 Å². The first-order valence-corrected chi connectivity index (χ1v) is 6.27. The van der Waals surface area contributed by atoms with Crippen LogP contribution in [-0.2, 0) is 22.2 Å². The maximum Gasteiger partial charge on any atom is 0.434 e. The van der Waals surface area contributed by atoms with Crippen molar-refractivity contribution in [3.05, 3.63) is 28.6 Å². The van der Waals surface area contributed by atoms with Crippen LogP contribution in [0.5, 0.6) is 0 Å². The number of carbonyl (C=O) groups excluding carboxylic acids is 2. The molecule has 1 N–H and O–H groups in total. The summed E-state index contributed by atoms with van der Waals surface area (Å²) in [6.07, 6.45) is -4.86. The van der Waals surface area contributed by atoms with Gasteiger partial charge in [-0.2, -0.15) is 13.2 Å². The topological polar surface area (TPSA) is 77.5 Å². The first kappa shape index (κ1) is 17.9. The molecule has 1 aromatic heterocycles. The molecule has 0 radical (unpaired) electrons. The van der Waals surface area contributed by atoms with Crippen LogP contribution in [0, 0.1) is 0 Å². The Morgan fingerprint density at radius 1 is 1.27 bits per heavy atom. The lowest BCUT2D eigenvalue weighted by Crippen LogP contribution is -2.23. The minimum Gasteiger partial charge on any atom is -0.465 e. The zero-order valence-corrected chi connectivity index (χ0v) is 12.2. The van der Waals surface area contributed by atoms with E-state index in [1.807, 2.05) is 0 Å². The van der Waals surface area contributed by atoms with E-state index in [1.165, 1.54) is 14.0 Å². The van der Waals surface area contributed by atoms with Crippen molar-refractivity contribution in [3.63, 3.8) is 0 Å². The lowest BCUT2D eigenvalue weighted by Gasteiger charge is -2.15. The predicted octanol–water partition coefficient (Wildman–Crippen LogP) is 1.78. The van der Waals surface area contributed by atoms with Gasteiger partial charge in [0.05, 0.1) is 30.5 Å². The van der Waals surface area contributed by atoms with Gasteiger partial charge in [0.1, 0.15) is 0 Å². The Labute approximate surface area is 124 Å². The van der Waals surface area contributed by atoms with E-state index >= 15 is 0 Å². The fourth-order valence-corrected chi connectivity index (χ4v) is 1.72. The Morgan fingerprint density at radius 3 is 2.36 bits per heavy atom. The van der Waals surface area contributed by atoms with Gasteiger partial charge >= 0.3 is 18.1 Å². The molecular weight excluding hydrogens is 305 g/mol. The van der Waals surface area contributed by atoms with Gasteiger partial charge in [-0.1, -0.05) is 0 Å². The molecular formula is C13H15F3N2O4. The summed E-state index contributed by atoms with van der Waals surface area (Å²) >= 11 is 0. The summed E-state index contributed by atoms with van der Waals surface area (Å²) in [5, 5.41) is 2.60. The average molecular weight is 320 g/mol. The monoisotopic (exact) mass is 320 g/mol. The summed E-state index contributed by atoms with van der Waals surface area (Å²) in [5.41, 5.74) is -2.62. The summed E-state index contributed by atoms with van der Waals surface area (Å²) in [6, 6.07) is 0.798.